The minimum atomic E-state index is 0.475. The Morgan fingerprint density at radius 1 is 1.23 bits per heavy atom. The maximum atomic E-state index is 5.65. The van der Waals surface area contributed by atoms with E-state index < -0.39 is 0 Å². The summed E-state index contributed by atoms with van der Waals surface area (Å²) >= 11 is 1.88. The van der Waals surface area contributed by atoms with Gasteiger partial charge in [0, 0.05) is 35.3 Å². The van der Waals surface area contributed by atoms with Crippen molar-refractivity contribution in [3.05, 3.63) is 58.2 Å². The van der Waals surface area contributed by atoms with E-state index in [9.17, 15) is 0 Å². The fourth-order valence-corrected chi connectivity index (χ4v) is 5.80. The average Bonchev–Trinajstić information content (AvgIpc) is 3.26. The van der Waals surface area contributed by atoms with Crippen molar-refractivity contribution >= 4 is 27.8 Å². The summed E-state index contributed by atoms with van der Waals surface area (Å²) in [7, 11) is 0. The fraction of sp³-hybridized carbons (Fsp3) is 0.458. The third-order valence-corrected chi connectivity index (χ3v) is 7.47. The summed E-state index contributed by atoms with van der Waals surface area (Å²) in [5.74, 6) is 1.41. The van der Waals surface area contributed by atoms with Crippen molar-refractivity contribution in [1.82, 2.24) is 14.3 Å². The van der Waals surface area contributed by atoms with E-state index in [1.165, 1.54) is 46.1 Å². The number of aryl methyl sites for hydroxylation is 2. The monoisotopic (exact) mass is 422 g/mol. The van der Waals surface area contributed by atoms with E-state index in [4.69, 9.17) is 9.72 Å². The van der Waals surface area contributed by atoms with Gasteiger partial charge in [-0.1, -0.05) is 24.3 Å². The van der Waals surface area contributed by atoms with Crippen LogP contribution in [0.4, 0.5) is 11.6 Å². The highest BCUT2D eigenvalue weighted by molar-refractivity contribution is 7.17. The lowest BCUT2D eigenvalue weighted by molar-refractivity contribution is 0.137. The molecule has 2 aliphatic rings. The van der Waals surface area contributed by atoms with Gasteiger partial charge in [-0.15, -0.1) is 11.3 Å². The molecule has 2 aromatic heterocycles. The summed E-state index contributed by atoms with van der Waals surface area (Å²) < 4.78 is 7.97. The van der Waals surface area contributed by atoms with Crippen LogP contribution in [0.1, 0.15) is 41.4 Å². The number of likely N-dealkylation sites (tertiary alicyclic amines) is 1. The normalized spacial score (nSPS) is 20.5. The zero-order valence-electron chi connectivity index (χ0n) is 17.9. The molecule has 5 nitrogen and oxygen atoms in total. The van der Waals surface area contributed by atoms with Gasteiger partial charge in [0.1, 0.15) is 4.83 Å². The molecule has 30 heavy (non-hydrogen) atoms. The largest absolute Gasteiger partial charge is 0.377 e. The fourth-order valence-electron chi connectivity index (χ4n) is 4.64. The van der Waals surface area contributed by atoms with Crippen molar-refractivity contribution in [3.8, 4) is 0 Å². The van der Waals surface area contributed by atoms with Crippen LogP contribution in [0, 0.1) is 13.8 Å². The Morgan fingerprint density at radius 2 is 2.10 bits per heavy atom. The predicted octanol–water partition coefficient (Wildman–Crippen LogP) is 5.28. The molecule has 0 unspecified atom stereocenters. The van der Waals surface area contributed by atoms with Crippen molar-refractivity contribution in [1.29, 1.82) is 0 Å². The van der Waals surface area contributed by atoms with Gasteiger partial charge >= 0.3 is 0 Å². The lowest BCUT2D eigenvalue weighted by atomic mass is 9.95. The maximum Gasteiger partial charge on any atom is 0.213 e. The number of imidazole rings is 1. The highest BCUT2D eigenvalue weighted by atomic mass is 32.1. The molecule has 1 atom stereocenters. The smallest absolute Gasteiger partial charge is 0.213 e. The van der Waals surface area contributed by atoms with E-state index in [2.05, 4.69) is 58.8 Å². The van der Waals surface area contributed by atoms with Crippen LogP contribution in [0.5, 0.6) is 0 Å². The molecule has 1 saturated heterocycles. The molecule has 0 amide bonds. The molecule has 0 aliphatic carbocycles. The van der Waals surface area contributed by atoms with Gasteiger partial charge in [0.15, 0.2) is 0 Å². The van der Waals surface area contributed by atoms with Crippen LogP contribution >= 0.6 is 11.3 Å². The summed E-state index contributed by atoms with van der Waals surface area (Å²) in [5, 5.41) is 3.56. The Bertz CT molecular complexity index is 1050. The van der Waals surface area contributed by atoms with E-state index >= 15 is 0 Å². The van der Waals surface area contributed by atoms with Gasteiger partial charge in [-0.2, -0.15) is 0 Å². The molecular formula is C24H30N4OS. The molecule has 0 bridgehead atoms. The Kier molecular flexibility index (Phi) is 5.63. The summed E-state index contributed by atoms with van der Waals surface area (Å²) in [6, 6.07) is 10.3. The first-order valence-electron chi connectivity index (χ1n) is 11.0. The lowest BCUT2D eigenvalue weighted by Crippen LogP contribution is -2.36. The number of hydrogen-bond acceptors (Lipinski definition) is 5. The molecule has 1 N–H and O–H groups in total. The number of nitrogens with one attached hydrogen (secondary N) is 1. The van der Waals surface area contributed by atoms with Crippen molar-refractivity contribution in [3.63, 3.8) is 0 Å². The van der Waals surface area contributed by atoms with Crippen LogP contribution in [0.15, 0.2) is 42.0 Å². The van der Waals surface area contributed by atoms with Crippen LogP contribution in [0.3, 0.4) is 0 Å². The second kappa shape index (κ2) is 8.53. The summed E-state index contributed by atoms with van der Waals surface area (Å²) in [6.45, 7) is 9.35. The first-order valence-corrected chi connectivity index (χ1v) is 11.8. The number of fused-ring (bicyclic) bond motifs is 1. The number of piperidine rings is 1. The lowest BCUT2D eigenvalue weighted by Gasteiger charge is -2.33. The first kappa shape index (κ1) is 19.8. The van der Waals surface area contributed by atoms with Gasteiger partial charge in [-0.05, 0) is 57.4 Å². The quantitative estimate of drug-likeness (QED) is 0.568. The van der Waals surface area contributed by atoms with E-state index in [0.29, 0.717) is 5.92 Å². The Labute approximate surface area is 182 Å². The van der Waals surface area contributed by atoms with Gasteiger partial charge in [-0.3, -0.25) is 9.30 Å². The van der Waals surface area contributed by atoms with Gasteiger partial charge in [0.25, 0.3) is 0 Å². The maximum absolute atomic E-state index is 5.65. The Balaban J connectivity index is 1.43. The summed E-state index contributed by atoms with van der Waals surface area (Å²) in [6.07, 6.45) is 5.86. The highest BCUT2D eigenvalue weighted by Gasteiger charge is 2.28. The van der Waals surface area contributed by atoms with E-state index in [1.807, 2.05) is 17.4 Å². The van der Waals surface area contributed by atoms with Crippen LogP contribution in [0.2, 0.25) is 0 Å². The molecule has 0 saturated carbocycles. The molecule has 158 valence electrons. The van der Waals surface area contributed by atoms with Crippen molar-refractivity contribution in [2.24, 2.45) is 0 Å². The number of anilines is 2. The molecule has 1 aromatic carbocycles. The molecule has 4 heterocycles. The molecule has 1 fully saturated rings. The SMILES string of the molecule is Cc1sc2c([C@@H]3CCCN(CC4=CCCOC4)C3)nc(Nc3ccccc3)n2c1C. The molecular weight excluding hydrogens is 392 g/mol. The number of rotatable bonds is 5. The first-order chi connectivity index (χ1) is 14.7. The second-order valence-corrected chi connectivity index (χ2v) is 9.68. The Hall–Kier alpha value is -2.15. The van der Waals surface area contributed by atoms with Gasteiger partial charge in [0.05, 0.1) is 18.9 Å². The van der Waals surface area contributed by atoms with E-state index in [-0.39, 0.29) is 0 Å². The van der Waals surface area contributed by atoms with Crippen LogP contribution in [-0.2, 0) is 4.74 Å². The second-order valence-electron chi connectivity index (χ2n) is 8.47. The van der Waals surface area contributed by atoms with E-state index in [1.54, 1.807) is 0 Å². The van der Waals surface area contributed by atoms with Crippen molar-refractivity contribution < 1.29 is 4.74 Å². The van der Waals surface area contributed by atoms with E-state index in [0.717, 1.165) is 44.4 Å². The topological polar surface area (TPSA) is 41.8 Å². The number of benzene rings is 1. The minimum Gasteiger partial charge on any atom is -0.377 e. The minimum absolute atomic E-state index is 0.475. The van der Waals surface area contributed by atoms with Gasteiger partial charge in [-0.25, -0.2) is 4.98 Å². The van der Waals surface area contributed by atoms with Crippen LogP contribution in [0.25, 0.3) is 4.83 Å². The third-order valence-electron chi connectivity index (χ3n) is 6.29. The average molecular weight is 423 g/mol. The van der Waals surface area contributed by atoms with Gasteiger partial charge < -0.3 is 10.1 Å². The van der Waals surface area contributed by atoms with Crippen molar-refractivity contribution in [2.75, 3.05) is 38.2 Å². The Morgan fingerprint density at radius 3 is 2.90 bits per heavy atom. The molecule has 0 spiro atoms. The number of para-hydroxylation sites is 1. The number of hydrogen-bond donors (Lipinski definition) is 1. The number of aromatic nitrogens is 2. The highest BCUT2D eigenvalue weighted by Crippen LogP contribution is 2.37. The molecule has 6 heteroatoms. The molecule has 5 rings (SSSR count). The standard InChI is InChI=1S/C24H30N4OS/c1-17-18(2)30-23-22(26-24(28(17)23)25-21-10-4-3-5-11-21)20-9-6-12-27(15-20)14-19-8-7-13-29-16-19/h3-5,8,10-11,20H,6-7,9,12-16H2,1-2H3,(H,25,26)/t20-/m1/s1. The molecule has 2 aliphatic heterocycles. The molecule has 0 radical (unpaired) electrons. The van der Waals surface area contributed by atoms with Crippen LogP contribution in [-0.4, -0.2) is 47.1 Å². The zero-order chi connectivity index (χ0) is 20.5. The number of thiazole rings is 1. The van der Waals surface area contributed by atoms with Gasteiger partial charge in [0.2, 0.25) is 5.95 Å². The van der Waals surface area contributed by atoms with Crippen LogP contribution < -0.4 is 5.32 Å². The summed E-state index contributed by atoms with van der Waals surface area (Å²) in [4.78, 5) is 10.4. The number of ether oxygens (including phenoxy) is 1. The van der Waals surface area contributed by atoms with Crippen molar-refractivity contribution in [2.45, 2.75) is 39.0 Å². The molecule has 3 aromatic rings. The zero-order valence-corrected chi connectivity index (χ0v) is 18.7. The third kappa shape index (κ3) is 3.92. The predicted molar refractivity (Wildman–Crippen MR) is 124 cm³/mol. The number of nitrogens with zero attached hydrogens (tertiary/aromatic N) is 3. The summed E-state index contributed by atoms with van der Waals surface area (Å²) in [5.41, 5.74) is 5.05.